The maximum Gasteiger partial charge on any atom is 0.235 e. The molecule has 0 radical (unpaired) electrons. The smallest absolute Gasteiger partial charge is 0.235 e. The fraction of sp³-hybridized carbons (Fsp3) is 0.417. The summed E-state index contributed by atoms with van der Waals surface area (Å²) in [5, 5.41) is 2.47. The van der Waals surface area contributed by atoms with E-state index in [1.54, 1.807) is 24.3 Å². The molecule has 0 bridgehead atoms. The number of methoxy groups -OCH3 is 1. The van der Waals surface area contributed by atoms with Crippen LogP contribution in [-0.4, -0.2) is 40.3 Å². The van der Waals surface area contributed by atoms with E-state index in [0.717, 1.165) is 0 Å². The third-order valence-corrected chi connectivity index (χ3v) is 3.82. The van der Waals surface area contributed by atoms with E-state index < -0.39 is 21.5 Å². The first-order chi connectivity index (χ1) is 8.93. The number of nitrogen functional groups attached to an aromatic ring is 1. The third-order valence-electron chi connectivity index (χ3n) is 2.35. The van der Waals surface area contributed by atoms with Gasteiger partial charge in [-0.1, -0.05) is 12.1 Å². The summed E-state index contributed by atoms with van der Waals surface area (Å²) in [6, 6.07) is 6.53. The molecule has 0 spiro atoms. The van der Waals surface area contributed by atoms with Crippen molar-refractivity contribution >= 4 is 21.4 Å². The number of rotatable bonds is 7. The lowest BCUT2D eigenvalue weighted by Crippen LogP contribution is -2.33. The first kappa shape index (κ1) is 15.5. The van der Waals surface area contributed by atoms with Crippen LogP contribution in [0.3, 0.4) is 0 Å². The largest absolute Gasteiger partial charge is 0.399 e. The molecule has 0 saturated heterocycles. The molecule has 19 heavy (non-hydrogen) atoms. The first-order valence-corrected chi connectivity index (χ1v) is 7.55. The summed E-state index contributed by atoms with van der Waals surface area (Å²) in [5.74, 6) is -1.22. The van der Waals surface area contributed by atoms with Crippen molar-refractivity contribution in [3.8, 4) is 0 Å². The lowest BCUT2D eigenvalue weighted by molar-refractivity contribution is -0.118. The summed E-state index contributed by atoms with van der Waals surface area (Å²) < 4.78 is 28.4. The Morgan fingerprint density at radius 3 is 2.53 bits per heavy atom. The zero-order valence-electron chi connectivity index (χ0n) is 10.8. The van der Waals surface area contributed by atoms with Crippen LogP contribution in [0.15, 0.2) is 24.3 Å². The number of anilines is 1. The van der Waals surface area contributed by atoms with Crippen LogP contribution in [0, 0.1) is 0 Å². The van der Waals surface area contributed by atoms with E-state index in [0.29, 0.717) is 24.4 Å². The van der Waals surface area contributed by atoms with Crippen molar-refractivity contribution in [2.75, 3.05) is 31.7 Å². The van der Waals surface area contributed by atoms with Crippen LogP contribution in [0.4, 0.5) is 5.69 Å². The van der Waals surface area contributed by atoms with E-state index in [4.69, 9.17) is 10.5 Å². The normalized spacial score (nSPS) is 11.2. The van der Waals surface area contributed by atoms with Gasteiger partial charge in [0.15, 0.2) is 9.84 Å². The molecule has 0 aliphatic rings. The minimum absolute atomic E-state index is 0.176. The van der Waals surface area contributed by atoms with Gasteiger partial charge in [-0.25, -0.2) is 8.42 Å². The monoisotopic (exact) mass is 286 g/mol. The SMILES string of the molecule is COCCNC(=O)CS(=O)(=O)Cc1ccc(N)cc1. The van der Waals surface area contributed by atoms with Crippen LogP contribution in [-0.2, 0) is 25.1 Å². The Bertz CT molecular complexity index is 511. The maximum atomic E-state index is 11.8. The minimum atomic E-state index is -3.48. The van der Waals surface area contributed by atoms with Crippen molar-refractivity contribution in [2.45, 2.75) is 5.75 Å². The summed E-state index contributed by atoms with van der Waals surface area (Å²) in [5.41, 5.74) is 6.69. The van der Waals surface area contributed by atoms with Gasteiger partial charge in [0.2, 0.25) is 5.91 Å². The molecule has 1 aromatic rings. The molecule has 0 aliphatic heterocycles. The highest BCUT2D eigenvalue weighted by Crippen LogP contribution is 2.09. The lowest BCUT2D eigenvalue weighted by atomic mass is 10.2. The Morgan fingerprint density at radius 1 is 1.32 bits per heavy atom. The van der Waals surface area contributed by atoms with Gasteiger partial charge < -0.3 is 15.8 Å². The molecule has 7 heteroatoms. The molecule has 1 rings (SSSR count). The number of sulfone groups is 1. The molecule has 0 saturated carbocycles. The van der Waals surface area contributed by atoms with Crippen molar-refractivity contribution in [3.63, 3.8) is 0 Å². The Hall–Kier alpha value is -1.60. The van der Waals surface area contributed by atoms with Gasteiger partial charge in [-0.05, 0) is 17.7 Å². The number of hydrogen-bond acceptors (Lipinski definition) is 5. The number of carbonyl (C=O) groups excluding carboxylic acids is 1. The summed E-state index contributed by atoms with van der Waals surface area (Å²) in [4.78, 5) is 11.4. The number of amides is 1. The second-order valence-corrected chi connectivity index (χ2v) is 6.18. The van der Waals surface area contributed by atoms with Gasteiger partial charge in [-0.2, -0.15) is 0 Å². The van der Waals surface area contributed by atoms with E-state index in [1.165, 1.54) is 7.11 Å². The van der Waals surface area contributed by atoms with Crippen molar-refractivity contribution in [1.29, 1.82) is 0 Å². The van der Waals surface area contributed by atoms with E-state index >= 15 is 0 Å². The number of ether oxygens (including phenoxy) is 1. The molecule has 0 atom stereocenters. The number of hydrogen-bond donors (Lipinski definition) is 2. The molecular formula is C12H18N2O4S. The van der Waals surface area contributed by atoms with E-state index in [9.17, 15) is 13.2 Å². The molecular weight excluding hydrogens is 268 g/mol. The predicted molar refractivity (Wildman–Crippen MR) is 73.2 cm³/mol. The molecule has 0 aliphatic carbocycles. The number of carbonyl (C=O) groups is 1. The highest BCUT2D eigenvalue weighted by atomic mass is 32.2. The predicted octanol–water partition coefficient (Wildman–Crippen LogP) is -0.0538. The fourth-order valence-corrected chi connectivity index (χ4v) is 2.77. The van der Waals surface area contributed by atoms with Crippen LogP contribution < -0.4 is 11.1 Å². The highest BCUT2D eigenvalue weighted by molar-refractivity contribution is 7.91. The van der Waals surface area contributed by atoms with Crippen LogP contribution in [0.5, 0.6) is 0 Å². The quantitative estimate of drug-likeness (QED) is 0.541. The number of nitrogens with two attached hydrogens (primary N) is 1. The summed E-state index contributed by atoms with van der Waals surface area (Å²) in [6.07, 6.45) is 0. The van der Waals surface area contributed by atoms with Gasteiger partial charge in [-0.3, -0.25) is 4.79 Å². The summed E-state index contributed by atoms with van der Waals surface area (Å²) in [6.45, 7) is 0.649. The van der Waals surface area contributed by atoms with E-state index in [2.05, 4.69) is 5.32 Å². The number of nitrogens with one attached hydrogen (secondary N) is 1. The molecule has 0 heterocycles. The van der Waals surface area contributed by atoms with Gasteiger partial charge in [0.25, 0.3) is 0 Å². The molecule has 1 aromatic carbocycles. The molecule has 0 fully saturated rings. The van der Waals surface area contributed by atoms with Gasteiger partial charge in [0, 0.05) is 19.3 Å². The Kier molecular flexibility index (Phi) is 5.78. The van der Waals surface area contributed by atoms with Crippen molar-refractivity contribution in [2.24, 2.45) is 0 Å². The summed E-state index contributed by atoms with van der Waals surface area (Å²) >= 11 is 0. The van der Waals surface area contributed by atoms with Gasteiger partial charge in [-0.15, -0.1) is 0 Å². The minimum Gasteiger partial charge on any atom is -0.399 e. The molecule has 1 amide bonds. The second kappa shape index (κ2) is 7.10. The highest BCUT2D eigenvalue weighted by Gasteiger charge is 2.17. The van der Waals surface area contributed by atoms with E-state index in [1.807, 2.05) is 0 Å². The second-order valence-electron chi connectivity index (χ2n) is 4.12. The standard InChI is InChI=1S/C12H18N2O4S/c1-18-7-6-14-12(15)9-19(16,17)8-10-2-4-11(13)5-3-10/h2-5H,6-9,13H2,1H3,(H,14,15). The van der Waals surface area contributed by atoms with Crippen LogP contribution in [0.25, 0.3) is 0 Å². The van der Waals surface area contributed by atoms with Gasteiger partial charge in [0.05, 0.1) is 12.4 Å². The number of benzene rings is 1. The molecule has 0 aromatic heterocycles. The first-order valence-electron chi connectivity index (χ1n) is 5.73. The molecule has 3 N–H and O–H groups in total. The van der Waals surface area contributed by atoms with E-state index in [-0.39, 0.29) is 5.75 Å². The van der Waals surface area contributed by atoms with Crippen molar-refractivity contribution in [1.82, 2.24) is 5.32 Å². The topological polar surface area (TPSA) is 98.5 Å². The lowest BCUT2D eigenvalue weighted by Gasteiger charge is -2.06. The fourth-order valence-electron chi connectivity index (χ4n) is 1.46. The zero-order chi connectivity index (χ0) is 14.3. The van der Waals surface area contributed by atoms with Crippen LogP contribution >= 0.6 is 0 Å². The molecule has 6 nitrogen and oxygen atoms in total. The average Bonchev–Trinajstić information content (AvgIpc) is 2.31. The Morgan fingerprint density at radius 2 is 1.95 bits per heavy atom. The van der Waals surface area contributed by atoms with Crippen LogP contribution in [0.1, 0.15) is 5.56 Å². The van der Waals surface area contributed by atoms with Gasteiger partial charge >= 0.3 is 0 Å². The Labute approximate surface area is 112 Å². The average molecular weight is 286 g/mol. The molecule has 106 valence electrons. The zero-order valence-corrected chi connectivity index (χ0v) is 11.6. The third kappa shape index (κ3) is 6.21. The Balaban J connectivity index is 2.52. The van der Waals surface area contributed by atoms with Crippen molar-refractivity contribution in [3.05, 3.63) is 29.8 Å². The maximum absolute atomic E-state index is 11.8. The summed E-state index contributed by atoms with van der Waals surface area (Å²) in [7, 11) is -1.97. The van der Waals surface area contributed by atoms with Crippen molar-refractivity contribution < 1.29 is 17.9 Å². The van der Waals surface area contributed by atoms with Crippen LogP contribution in [0.2, 0.25) is 0 Å². The van der Waals surface area contributed by atoms with Gasteiger partial charge in [0.1, 0.15) is 5.75 Å². The molecule has 0 unspecified atom stereocenters.